The topological polar surface area (TPSA) is 54.9 Å². The van der Waals surface area contributed by atoms with E-state index in [-0.39, 0.29) is 36.0 Å². The van der Waals surface area contributed by atoms with Crippen LogP contribution in [0.2, 0.25) is 0 Å². The summed E-state index contributed by atoms with van der Waals surface area (Å²) in [5.74, 6) is -5.06. The predicted octanol–water partition coefficient (Wildman–Crippen LogP) is 4.46. The third-order valence-corrected chi connectivity index (χ3v) is 3.72. The van der Waals surface area contributed by atoms with Gasteiger partial charge in [-0.2, -0.15) is 0 Å². The number of methoxy groups -OCH3 is 1. The number of nitrogens with one attached hydrogen (secondary N) is 2. The maximum atomic E-state index is 13.7. The fourth-order valence-electron chi connectivity index (χ4n) is 2.32. The molecule has 29 heavy (non-hydrogen) atoms. The van der Waals surface area contributed by atoms with E-state index in [9.17, 15) is 17.6 Å². The van der Waals surface area contributed by atoms with Gasteiger partial charge in [-0.15, -0.1) is 24.0 Å². The molecule has 0 aliphatic carbocycles. The highest BCUT2D eigenvalue weighted by molar-refractivity contribution is 14.0. The van der Waals surface area contributed by atoms with Gasteiger partial charge in [0.25, 0.3) is 0 Å². The van der Waals surface area contributed by atoms with E-state index in [2.05, 4.69) is 15.6 Å². The van der Waals surface area contributed by atoms with Crippen LogP contribution in [-0.2, 0) is 11.3 Å². The van der Waals surface area contributed by atoms with Crippen LogP contribution in [0.15, 0.2) is 35.3 Å². The fraction of sp³-hybridized carbons (Fsp3) is 0.316. The highest BCUT2D eigenvalue weighted by atomic mass is 127. The molecule has 0 heterocycles. The standard InChI is InChI=1S/C19H21F4N3O2.HI/c1-24-19(25-11-14-17(22)15(20)10-16(21)18(14)23)26-12-5-3-6-13(9-12)28-8-4-7-27-2;/h3,5-6,9-10H,4,7-8,11H2,1-2H3,(H2,24,25,26);1H. The Kier molecular flexibility index (Phi) is 10.7. The Morgan fingerprint density at radius 1 is 1.03 bits per heavy atom. The summed E-state index contributed by atoms with van der Waals surface area (Å²) in [6.45, 7) is 0.565. The van der Waals surface area contributed by atoms with Gasteiger partial charge < -0.3 is 20.1 Å². The smallest absolute Gasteiger partial charge is 0.195 e. The first kappa shape index (κ1) is 25.0. The molecule has 0 atom stereocenters. The van der Waals surface area contributed by atoms with Crippen molar-refractivity contribution in [1.82, 2.24) is 5.32 Å². The molecule has 2 aromatic carbocycles. The fourth-order valence-corrected chi connectivity index (χ4v) is 2.32. The van der Waals surface area contributed by atoms with Crippen molar-refractivity contribution in [3.63, 3.8) is 0 Å². The van der Waals surface area contributed by atoms with Crippen molar-refractivity contribution < 1.29 is 27.0 Å². The molecule has 160 valence electrons. The molecule has 0 aliphatic heterocycles. The van der Waals surface area contributed by atoms with E-state index in [1.54, 1.807) is 31.4 Å². The molecule has 0 amide bonds. The lowest BCUT2D eigenvalue weighted by Crippen LogP contribution is -2.31. The molecular formula is C19H22F4IN3O2. The number of ether oxygens (including phenoxy) is 2. The Bertz CT molecular complexity index is 811. The van der Waals surface area contributed by atoms with Gasteiger partial charge in [0.15, 0.2) is 29.2 Å². The van der Waals surface area contributed by atoms with Crippen LogP contribution in [0.3, 0.4) is 0 Å². The van der Waals surface area contributed by atoms with Crippen molar-refractivity contribution in [3.8, 4) is 5.75 Å². The Morgan fingerprint density at radius 3 is 2.34 bits per heavy atom. The van der Waals surface area contributed by atoms with Crippen LogP contribution in [0, 0.1) is 23.3 Å². The molecule has 0 saturated heterocycles. The van der Waals surface area contributed by atoms with Gasteiger partial charge >= 0.3 is 0 Å². The SMILES string of the molecule is CN=C(NCc1c(F)c(F)cc(F)c1F)Nc1cccc(OCCCOC)c1.I. The largest absolute Gasteiger partial charge is 0.493 e. The molecule has 0 bridgehead atoms. The minimum atomic E-state index is -1.46. The van der Waals surface area contributed by atoms with Gasteiger partial charge in [0, 0.05) is 57.1 Å². The maximum Gasteiger partial charge on any atom is 0.195 e. The minimum absolute atomic E-state index is 0. The van der Waals surface area contributed by atoms with Crippen molar-refractivity contribution in [3.05, 3.63) is 59.2 Å². The molecule has 2 aromatic rings. The second-order valence-corrected chi connectivity index (χ2v) is 5.72. The molecular weight excluding hydrogens is 505 g/mol. The molecule has 2 N–H and O–H groups in total. The molecule has 5 nitrogen and oxygen atoms in total. The molecule has 0 radical (unpaired) electrons. The van der Waals surface area contributed by atoms with Crippen LogP contribution in [0.1, 0.15) is 12.0 Å². The van der Waals surface area contributed by atoms with E-state index in [1.807, 2.05) is 0 Å². The zero-order chi connectivity index (χ0) is 20.5. The number of benzene rings is 2. The molecule has 0 aliphatic rings. The number of hydrogen-bond acceptors (Lipinski definition) is 3. The van der Waals surface area contributed by atoms with Crippen molar-refractivity contribution in [1.29, 1.82) is 0 Å². The summed E-state index contributed by atoms with van der Waals surface area (Å²) in [4.78, 5) is 3.92. The van der Waals surface area contributed by atoms with Gasteiger partial charge in [0.05, 0.1) is 6.61 Å². The summed E-state index contributed by atoms with van der Waals surface area (Å²) in [5.41, 5.74) is -0.153. The monoisotopic (exact) mass is 527 g/mol. The van der Waals surface area contributed by atoms with E-state index in [0.29, 0.717) is 24.7 Å². The first-order valence-electron chi connectivity index (χ1n) is 8.47. The van der Waals surface area contributed by atoms with Crippen LogP contribution in [-0.4, -0.2) is 33.3 Å². The lowest BCUT2D eigenvalue weighted by Gasteiger charge is -2.14. The normalized spacial score (nSPS) is 11.0. The van der Waals surface area contributed by atoms with Crippen LogP contribution in [0.5, 0.6) is 5.75 Å². The van der Waals surface area contributed by atoms with Crippen molar-refractivity contribution in [2.24, 2.45) is 4.99 Å². The molecule has 0 saturated carbocycles. The summed E-state index contributed by atoms with van der Waals surface area (Å²) in [7, 11) is 3.05. The number of rotatable bonds is 8. The predicted molar refractivity (Wildman–Crippen MR) is 114 cm³/mol. The van der Waals surface area contributed by atoms with Gasteiger partial charge in [0.1, 0.15) is 5.75 Å². The van der Waals surface area contributed by atoms with E-state index in [4.69, 9.17) is 9.47 Å². The van der Waals surface area contributed by atoms with Crippen molar-refractivity contribution in [2.75, 3.05) is 32.7 Å². The number of anilines is 1. The number of aliphatic imine (C=N–C) groups is 1. The third-order valence-electron chi connectivity index (χ3n) is 3.72. The molecule has 0 spiro atoms. The zero-order valence-corrected chi connectivity index (χ0v) is 18.2. The van der Waals surface area contributed by atoms with Gasteiger partial charge in [-0.25, -0.2) is 17.6 Å². The van der Waals surface area contributed by atoms with Crippen LogP contribution < -0.4 is 15.4 Å². The Hall–Kier alpha value is -2.08. The summed E-state index contributed by atoms with van der Waals surface area (Å²) in [6, 6.07) is 7.14. The van der Waals surface area contributed by atoms with Gasteiger partial charge in [-0.3, -0.25) is 4.99 Å². The number of hydrogen-bond donors (Lipinski definition) is 2. The van der Waals surface area contributed by atoms with E-state index >= 15 is 0 Å². The highest BCUT2D eigenvalue weighted by Gasteiger charge is 2.19. The summed E-state index contributed by atoms with van der Waals surface area (Å²) >= 11 is 0. The van der Waals surface area contributed by atoms with E-state index < -0.39 is 35.4 Å². The lowest BCUT2D eigenvalue weighted by molar-refractivity contribution is 0.172. The van der Waals surface area contributed by atoms with Crippen LogP contribution in [0.4, 0.5) is 23.2 Å². The second kappa shape index (κ2) is 12.5. The molecule has 0 fully saturated rings. The lowest BCUT2D eigenvalue weighted by atomic mass is 10.2. The average Bonchev–Trinajstić information content (AvgIpc) is 2.69. The number of guanidine groups is 1. The van der Waals surface area contributed by atoms with Gasteiger partial charge in [0.2, 0.25) is 0 Å². The van der Waals surface area contributed by atoms with Crippen molar-refractivity contribution >= 4 is 35.6 Å². The molecule has 10 heteroatoms. The zero-order valence-electron chi connectivity index (χ0n) is 15.9. The third kappa shape index (κ3) is 7.35. The summed E-state index contributed by atoms with van der Waals surface area (Å²) in [6.07, 6.45) is 0.735. The number of nitrogens with zero attached hydrogens (tertiary/aromatic N) is 1. The van der Waals surface area contributed by atoms with Gasteiger partial charge in [-0.05, 0) is 12.1 Å². The van der Waals surface area contributed by atoms with E-state index in [0.717, 1.165) is 6.42 Å². The molecule has 0 aromatic heterocycles. The second-order valence-electron chi connectivity index (χ2n) is 5.72. The first-order chi connectivity index (χ1) is 13.5. The molecule has 0 unspecified atom stereocenters. The maximum absolute atomic E-state index is 13.7. The van der Waals surface area contributed by atoms with Gasteiger partial charge in [-0.1, -0.05) is 6.07 Å². The summed E-state index contributed by atoms with van der Waals surface area (Å²) in [5, 5.41) is 5.53. The minimum Gasteiger partial charge on any atom is -0.493 e. The van der Waals surface area contributed by atoms with Crippen LogP contribution in [0.25, 0.3) is 0 Å². The Labute approximate surface area is 183 Å². The Balaban J connectivity index is 0.00000420. The Morgan fingerprint density at radius 2 is 1.72 bits per heavy atom. The highest BCUT2D eigenvalue weighted by Crippen LogP contribution is 2.20. The van der Waals surface area contributed by atoms with Crippen LogP contribution >= 0.6 is 24.0 Å². The first-order valence-corrected chi connectivity index (χ1v) is 8.47. The quantitative estimate of drug-likeness (QED) is 0.133. The molecule has 2 rings (SSSR count). The summed E-state index contributed by atoms with van der Waals surface area (Å²) < 4.78 is 64.6. The number of halogens is 5. The van der Waals surface area contributed by atoms with Crippen molar-refractivity contribution in [2.45, 2.75) is 13.0 Å². The average molecular weight is 527 g/mol. The van der Waals surface area contributed by atoms with E-state index in [1.165, 1.54) is 7.05 Å².